The molecule has 0 saturated heterocycles. The van der Waals surface area contributed by atoms with E-state index in [9.17, 15) is 9.59 Å². The highest BCUT2D eigenvalue weighted by Crippen LogP contribution is 2.06. The quantitative estimate of drug-likeness (QED) is 0.0889. The van der Waals surface area contributed by atoms with E-state index in [1.165, 1.54) is 0 Å². The van der Waals surface area contributed by atoms with Gasteiger partial charge >= 0.3 is 11.9 Å². The van der Waals surface area contributed by atoms with Gasteiger partial charge in [0.25, 0.3) is 0 Å². The highest BCUT2D eigenvalue weighted by Gasteiger charge is 2.15. The standard InChI is InChI=1S/C26H50O14/c1-26(2,3)40-25(29)23-39-21-19-37-17-15-35-13-11-33-9-7-31-5-4-30-6-8-32-10-12-34-14-16-36-18-20-38-22-24(27)28/h4-23H2,1-3H3,(H,27,28). The first-order valence-electron chi connectivity index (χ1n) is 13.5. The minimum absolute atomic E-state index is 0.0883. The number of carboxylic acid groups (broad SMARTS) is 1. The molecule has 0 fully saturated rings. The molecule has 238 valence electrons. The van der Waals surface area contributed by atoms with E-state index in [-0.39, 0.29) is 19.8 Å². The van der Waals surface area contributed by atoms with E-state index < -0.39 is 17.5 Å². The number of ether oxygens (including phenoxy) is 11. The normalized spacial score (nSPS) is 11.7. The third-order valence-corrected chi connectivity index (χ3v) is 4.21. The van der Waals surface area contributed by atoms with Gasteiger partial charge < -0.3 is 57.2 Å². The number of rotatable bonds is 31. The van der Waals surface area contributed by atoms with Crippen LogP contribution >= 0.6 is 0 Å². The predicted octanol–water partition coefficient (Wildman–Crippen LogP) is 0.579. The Morgan fingerprint density at radius 3 is 0.875 bits per heavy atom. The van der Waals surface area contributed by atoms with Crippen molar-refractivity contribution < 1.29 is 66.8 Å². The molecule has 14 nitrogen and oxygen atoms in total. The molecule has 40 heavy (non-hydrogen) atoms. The van der Waals surface area contributed by atoms with Crippen LogP contribution in [0.2, 0.25) is 0 Å². The van der Waals surface area contributed by atoms with Gasteiger partial charge in [-0.25, -0.2) is 9.59 Å². The van der Waals surface area contributed by atoms with Crippen LogP contribution in [0.4, 0.5) is 0 Å². The Balaban J connectivity index is 3.10. The molecule has 0 heterocycles. The summed E-state index contributed by atoms with van der Waals surface area (Å²) in [7, 11) is 0. The van der Waals surface area contributed by atoms with Gasteiger partial charge in [0.2, 0.25) is 0 Å². The Morgan fingerprint density at radius 2 is 0.650 bits per heavy atom. The lowest BCUT2D eigenvalue weighted by atomic mass is 10.2. The van der Waals surface area contributed by atoms with Crippen LogP contribution in [0.5, 0.6) is 0 Å². The summed E-state index contributed by atoms with van der Waals surface area (Å²) < 4.78 is 58.2. The first-order chi connectivity index (χ1) is 19.3. The minimum Gasteiger partial charge on any atom is -0.480 e. The van der Waals surface area contributed by atoms with Gasteiger partial charge in [0.15, 0.2) is 0 Å². The summed E-state index contributed by atoms with van der Waals surface area (Å²) in [4.78, 5) is 21.7. The third-order valence-electron chi connectivity index (χ3n) is 4.21. The predicted molar refractivity (Wildman–Crippen MR) is 142 cm³/mol. The van der Waals surface area contributed by atoms with Gasteiger partial charge in [-0.3, -0.25) is 0 Å². The zero-order chi connectivity index (χ0) is 29.6. The van der Waals surface area contributed by atoms with E-state index in [4.69, 9.17) is 57.2 Å². The zero-order valence-electron chi connectivity index (χ0n) is 24.4. The fraction of sp³-hybridized carbons (Fsp3) is 0.923. The van der Waals surface area contributed by atoms with Crippen LogP contribution in [-0.4, -0.2) is 155 Å². The van der Waals surface area contributed by atoms with E-state index in [1.54, 1.807) is 0 Å². The fourth-order valence-electron chi connectivity index (χ4n) is 2.56. The Morgan fingerprint density at radius 1 is 0.425 bits per heavy atom. The van der Waals surface area contributed by atoms with Crippen molar-refractivity contribution in [3.05, 3.63) is 0 Å². The second-order valence-electron chi connectivity index (χ2n) is 8.98. The summed E-state index contributed by atoms with van der Waals surface area (Å²) in [6.45, 7) is 12.7. The lowest BCUT2D eigenvalue weighted by Crippen LogP contribution is -2.27. The second-order valence-corrected chi connectivity index (χ2v) is 8.98. The van der Waals surface area contributed by atoms with Crippen LogP contribution in [0.3, 0.4) is 0 Å². The van der Waals surface area contributed by atoms with Crippen LogP contribution in [0.25, 0.3) is 0 Å². The number of aliphatic carboxylic acids is 1. The van der Waals surface area contributed by atoms with Crippen molar-refractivity contribution in [3.63, 3.8) is 0 Å². The Labute approximate surface area is 237 Å². The number of carbonyl (C=O) groups is 2. The molecule has 0 aromatic heterocycles. The number of hydrogen-bond acceptors (Lipinski definition) is 13. The van der Waals surface area contributed by atoms with Crippen molar-refractivity contribution in [2.75, 3.05) is 132 Å². The van der Waals surface area contributed by atoms with E-state index in [2.05, 4.69) is 0 Å². The van der Waals surface area contributed by atoms with Gasteiger partial charge in [-0.1, -0.05) is 0 Å². The molecule has 0 aliphatic carbocycles. The van der Waals surface area contributed by atoms with E-state index in [0.29, 0.717) is 112 Å². The van der Waals surface area contributed by atoms with Gasteiger partial charge in [0, 0.05) is 0 Å². The molecule has 0 aromatic carbocycles. The van der Waals surface area contributed by atoms with Gasteiger partial charge in [-0.05, 0) is 20.8 Å². The topological polar surface area (TPSA) is 156 Å². The summed E-state index contributed by atoms with van der Waals surface area (Å²) in [5.74, 6) is -1.39. The van der Waals surface area contributed by atoms with E-state index >= 15 is 0 Å². The Hall–Kier alpha value is -1.46. The van der Waals surface area contributed by atoms with Gasteiger partial charge in [0.05, 0.1) is 119 Å². The number of esters is 1. The summed E-state index contributed by atoms with van der Waals surface area (Å²) in [5.41, 5.74) is -0.514. The molecule has 0 aliphatic heterocycles. The van der Waals surface area contributed by atoms with Crippen LogP contribution in [-0.2, 0) is 61.7 Å². The van der Waals surface area contributed by atoms with E-state index in [0.717, 1.165) is 0 Å². The number of carbonyl (C=O) groups excluding carboxylic acids is 1. The molecule has 0 radical (unpaired) electrons. The first kappa shape index (κ1) is 38.5. The van der Waals surface area contributed by atoms with Crippen molar-refractivity contribution >= 4 is 11.9 Å². The zero-order valence-corrected chi connectivity index (χ0v) is 24.4. The van der Waals surface area contributed by atoms with Crippen molar-refractivity contribution in [1.29, 1.82) is 0 Å². The fourth-order valence-corrected chi connectivity index (χ4v) is 2.56. The molecule has 0 amide bonds. The van der Waals surface area contributed by atoms with Crippen LogP contribution in [0.1, 0.15) is 20.8 Å². The van der Waals surface area contributed by atoms with Crippen LogP contribution in [0.15, 0.2) is 0 Å². The molecule has 0 atom stereocenters. The maximum atomic E-state index is 11.5. The summed E-state index contributed by atoms with van der Waals surface area (Å²) in [5, 5.41) is 8.41. The molecule has 0 aromatic rings. The average molecular weight is 587 g/mol. The van der Waals surface area contributed by atoms with Crippen LogP contribution < -0.4 is 0 Å². The molecular formula is C26H50O14. The average Bonchev–Trinajstić information content (AvgIpc) is 2.88. The van der Waals surface area contributed by atoms with Gasteiger partial charge in [-0.2, -0.15) is 0 Å². The lowest BCUT2D eigenvalue weighted by Gasteiger charge is -2.19. The third kappa shape index (κ3) is 34.6. The molecule has 1 N–H and O–H groups in total. The molecule has 0 spiro atoms. The highest BCUT2D eigenvalue weighted by atomic mass is 16.6. The SMILES string of the molecule is CC(C)(C)OC(=O)COCCOCCOCCOCCOCCOCCOCCOCCOCCOCC(=O)O. The number of hydrogen-bond donors (Lipinski definition) is 1. The molecular weight excluding hydrogens is 536 g/mol. The number of carboxylic acids is 1. The molecule has 14 heteroatoms. The smallest absolute Gasteiger partial charge is 0.332 e. The van der Waals surface area contributed by atoms with Crippen LogP contribution in [0, 0.1) is 0 Å². The molecule has 0 bridgehead atoms. The molecule has 0 rings (SSSR count). The van der Waals surface area contributed by atoms with Gasteiger partial charge in [-0.15, -0.1) is 0 Å². The molecule has 0 aliphatic rings. The van der Waals surface area contributed by atoms with Crippen molar-refractivity contribution in [2.45, 2.75) is 26.4 Å². The van der Waals surface area contributed by atoms with Crippen molar-refractivity contribution in [3.8, 4) is 0 Å². The lowest BCUT2D eigenvalue weighted by molar-refractivity contribution is -0.160. The monoisotopic (exact) mass is 586 g/mol. The largest absolute Gasteiger partial charge is 0.480 e. The molecule has 0 unspecified atom stereocenters. The van der Waals surface area contributed by atoms with Gasteiger partial charge in [0.1, 0.15) is 18.8 Å². The summed E-state index contributed by atoms with van der Waals surface area (Å²) >= 11 is 0. The van der Waals surface area contributed by atoms with Crippen molar-refractivity contribution in [1.82, 2.24) is 0 Å². The molecule has 0 saturated carbocycles. The maximum Gasteiger partial charge on any atom is 0.332 e. The Kier molecular flexibility index (Phi) is 28.0. The van der Waals surface area contributed by atoms with Crippen molar-refractivity contribution in [2.24, 2.45) is 0 Å². The minimum atomic E-state index is -0.999. The van der Waals surface area contributed by atoms with E-state index in [1.807, 2.05) is 20.8 Å². The highest BCUT2D eigenvalue weighted by molar-refractivity contribution is 5.71. The maximum absolute atomic E-state index is 11.5. The second kappa shape index (κ2) is 29.0. The summed E-state index contributed by atoms with van der Waals surface area (Å²) in [6, 6.07) is 0. The first-order valence-corrected chi connectivity index (χ1v) is 13.5. The Bertz CT molecular complexity index is 570. The summed E-state index contributed by atoms with van der Waals surface area (Å²) in [6.07, 6.45) is 0.